The van der Waals surface area contributed by atoms with Gasteiger partial charge in [-0.2, -0.15) is 277 Å². The summed E-state index contributed by atoms with van der Waals surface area (Å²) >= 11 is 0. The van der Waals surface area contributed by atoms with Crippen molar-refractivity contribution in [3.8, 4) is 5.75 Å². The van der Waals surface area contributed by atoms with E-state index >= 15 is 105 Å². The molecular formula is C60H37F63N2O6Si. The lowest BCUT2D eigenvalue weighted by atomic mass is 9.86. The summed E-state index contributed by atoms with van der Waals surface area (Å²) in [5.41, 5.74) is -3.14. The smallest absolute Gasteiger partial charge is 0.460 e. The number of urea groups is 1. The van der Waals surface area contributed by atoms with Gasteiger partial charge in [0.15, 0.2) is 0 Å². The van der Waals surface area contributed by atoms with Crippen molar-refractivity contribution in [2.45, 2.75) is 236 Å². The van der Waals surface area contributed by atoms with E-state index < -0.39 is 314 Å². The van der Waals surface area contributed by atoms with E-state index in [1.165, 1.54) is 12.1 Å². The Bertz CT molecular complexity index is 4160. The Balaban J connectivity index is 2.74. The van der Waals surface area contributed by atoms with Crippen LogP contribution in [0.5, 0.6) is 5.75 Å². The van der Waals surface area contributed by atoms with Crippen molar-refractivity contribution in [3.05, 3.63) is 70.9 Å². The molecule has 0 saturated heterocycles. The minimum Gasteiger partial charge on any atom is -0.497 e. The Kier molecular flexibility index (Phi) is 30.4. The molecule has 1 aliphatic heterocycles. The summed E-state index contributed by atoms with van der Waals surface area (Å²) in [5, 5.41) is -0.733. The quantitative estimate of drug-likeness (QED) is 0.0404. The fourth-order valence-corrected chi connectivity index (χ4v) is 16.0. The van der Waals surface area contributed by atoms with E-state index in [4.69, 9.17) is 9.47 Å². The average Bonchev–Trinajstić information content (AvgIpc) is 0.691. The first-order chi connectivity index (χ1) is 57.4. The molecule has 1 atom stereocenters. The van der Waals surface area contributed by atoms with Gasteiger partial charge in [-0.05, 0) is 61.8 Å². The van der Waals surface area contributed by atoms with Crippen LogP contribution < -0.4 is 15.2 Å². The Morgan fingerprint density at radius 2 is 0.545 bits per heavy atom. The standard InChI is InChI=1S/C60H37F63N2O6Si/c1-4-130-29(127)26-21(2)125(30(128)124-27(26)22-5-9-24(129-3)10-6-22)16-17-131-28(126)23-7-11-25(12-8-23)132(18-13-31(61,62)34(67,68)37(73,74)40(79,80)43(85,86)46(91,92)49(97,98)52(103,104)55(109,110)58(115,116)117,19-14-32(63,64)35(69,70)38(75,76)41(81,82)44(87,88)47(93,94)50(99,100)53(105,106)56(111,112)59(118,119)120)20-15-33(65,66)36(71,72)39(77,78)42(83,84)45(89,90)48(95,96)51(101,102)54(107,108)57(113,114)60(121,122)123/h5-12,27H,4,13-20H2,1-3H3,(H,124,128). The predicted molar refractivity (Wildman–Crippen MR) is 302 cm³/mol. The second-order valence-corrected chi connectivity index (χ2v) is 32.1. The van der Waals surface area contributed by atoms with Crippen LogP contribution in [-0.2, 0) is 14.3 Å². The Hall–Kier alpha value is -8.00. The van der Waals surface area contributed by atoms with Gasteiger partial charge < -0.3 is 19.5 Å². The Morgan fingerprint density at radius 1 is 0.318 bits per heavy atom. The number of benzene rings is 2. The lowest BCUT2D eigenvalue weighted by Gasteiger charge is -2.45. The summed E-state index contributed by atoms with van der Waals surface area (Å²) < 4.78 is 928. The summed E-state index contributed by atoms with van der Waals surface area (Å²) in [5.74, 6) is -269. The Labute approximate surface area is 685 Å². The number of carbonyl (C=O) groups is 3. The molecule has 0 bridgehead atoms. The third kappa shape index (κ3) is 16.9. The molecule has 0 saturated carbocycles. The maximum absolute atomic E-state index is 16.1. The number of ether oxygens (including phenoxy) is 3. The van der Waals surface area contributed by atoms with Gasteiger partial charge in [0.2, 0.25) is 0 Å². The molecule has 0 aromatic heterocycles. The number of carbonyl (C=O) groups excluding carboxylic acids is 3. The third-order valence-corrected chi connectivity index (χ3v) is 24.5. The zero-order valence-corrected chi connectivity index (χ0v) is 62.8. The van der Waals surface area contributed by atoms with Gasteiger partial charge in [-0.3, -0.25) is 4.90 Å². The van der Waals surface area contributed by atoms with E-state index in [1.807, 2.05) is 0 Å². The maximum atomic E-state index is 16.1. The monoisotopic (exact) mass is 2110 g/mol. The van der Waals surface area contributed by atoms with Crippen molar-refractivity contribution in [3.63, 3.8) is 0 Å². The van der Waals surface area contributed by atoms with Crippen LogP contribution in [0.4, 0.5) is 281 Å². The molecule has 0 aliphatic carbocycles. The molecule has 0 fully saturated rings. The van der Waals surface area contributed by atoms with Crippen LogP contribution in [0.1, 0.15) is 55.1 Å². The topological polar surface area (TPSA) is 94.2 Å². The summed E-state index contributed by atoms with van der Waals surface area (Å²) in [6.45, 7) is -1.45. The van der Waals surface area contributed by atoms with Crippen LogP contribution in [0.25, 0.3) is 0 Å². The van der Waals surface area contributed by atoms with Crippen LogP contribution in [0.2, 0.25) is 18.1 Å². The molecule has 1 heterocycles. The molecule has 72 heteroatoms. The summed E-state index contributed by atoms with van der Waals surface area (Å²) in [6, 6.07) is -15.0. The molecular weight excluding hydrogens is 2070 g/mol. The van der Waals surface area contributed by atoms with Crippen molar-refractivity contribution < 1.29 is 305 Å². The van der Waals surface area contributed by atoms with Crippen LogP contribution in [0.3, 0.4) is 0 Å². The lowest BCUT2D eigenvalue weighted by molar-refractivity contribution is -0.474. The first-order valence-electron chi connectivity index (χ1n) is 32.7. The average molecular weight is 2110 g/mol. The number of nitrogens with one attached hydrogen (secondary N) is 1. The molecule has 0 spiro atoms. The molecule has 0 radical (unpaired) electrons. The molecule has 2 aromatic carbocycles. The van der Waals surface area contributed by atoms with Gasteiger partial charge in [-0.25, -0.2) is 14.4 Å². The minimum absolute atomic E-state index is 0.0564. The highest BCUT2D eigenvalue weighted by Crippen LogP contribution is 2.72. The van der Waals surface area contributed by atoms with Gasteiger partial charge in [0.25, 0.3) is 0 Å². The molecule has 1 aliphatic rings. The zero-order valence-electron chi connectivity index (χ0n) is 61.8. The van der Waals surface area contributed by atoms with Crippen molar-refractivity contribution in [1.29, 1.82) is 0 Å². The van der Waals surface area contributed by atoms with Gasteiger partial charge in [0, 0.05) is 25.0 Å². The van der Waals surface area contributed by atoms with E-state index in [-0.39, 0.29) is 11.3 Å². The molecule has 132 heavy (non-hydrogen) atoms. The molecule has 768 valence electrons. The first-order valence-corrected chi connectivity index (χ1v) is 35.3. The highest BCUT2D eigenvalue weighted by molar-refractivity contribution is 6.92. The highest BCUT2D eigenvalue weighted by atomic mass is 28.3. The summed E-state index contributed by atoms with van der Waals surface area (Å²) in [6.07, 6.45) is -41.3. The number of allylic oxidation sites excluding steroid dienone is 1. The number of alkyl halides is 63. The van der Waals surface area contributed by atoms with E-state index in [0.717, 1.165) is 33.1 Å². The molecule has 1 unspecified atom stereocenters. The number of esters is 2. The number of methoxy groups -OCH3 is 1. The van der Waals surface area contributed by atoms with E-state index in [2.05, 4.69) is 10.1 Å². The third-order valence-electron chi connectivity index (χ3n) is 19.3. The van der Waals surface area contributed by atoms with Crippen molar-refractivity contribution >= 4 is 31.2 Å². The number of hydrogen-bond donors (Lipinski definition) is 1. The molecule has 8 nitrogen and oxygen atoms in total. The first kappa shape index (κ1) is 118. The van der Waals surface area contributed by atoms with Crippen molar-refractivity contribution in [2.75, 3.05) is 26.9 Å². The summed E-state index contributed by atoms with van der Waals surface area (Å²) in [7, 11) is -7.40. The van der Waals surface area contributed by atoms with Crippen molar-refractivity contribution in [2.24, 2.45) is 0 Å². The fourth-order valence-electron chi connectivity index (χ4n) is 11.1. The number of amides is 2. The number of halogens is 63. The predicted octanol–water partition coefficient (Wildman–Crippen LogP) is 25.1. The SMILES string of the molecule is CCOC(=O)C1=C(C)N(CCOC(=O)c2ccc([Si](CCC(F)(F)C(F)(F)C(F)(F)C(F)(F)C(F)(F)C(F)(F)C(F)(F)C(F)(F)C(F)(F)C(F)(F)F)(CCC(F)(F)C(F)(F)C(F)(F)C(F)(F)C(F)(F)C(F)(F)C(F)(F)C(F)(F)C(F)(F)C(F)(F)F)CCC(F)(F)C(F)(F)C(F)(F)C(F)(F)C(F)(F)C(F)(F)C(F)(F)C(F)(F)C(F)(F)C(F)(F)F)cc2)C(=O)NC1c1ccc(OC)cc1. The highest BCUT2D eigenvalue weighted by Gasteiger charge is 3.02. The van der Waals surface area contributed by atoms with Crippen LogP contribution >= 0.6 is 0 Å². The Morgan fingerprint density at radius 3 is 0.765 bits per heavy atom. The van der Waals surface area contributed by atoms with Gasteiger partial charge in [-0.1, -0.05) is 29.5 Å². The summed E-state index contributed by atoms with van der Waals surface area (Å²) in [4.78, 5) is 40.3. The van der Waals surface area contributed by atoms with E-state index in [1.54, 1.807) is 0 Å². The van der Waals surface area contributed by atoms with Crippen LogP contribution in [0.15, 0.2) is 59.8 Å². The van der Waals surface area contributed by atoms with E-state index in [9.17, 15) is 186 Å². The molecule has 1 N–H and O–H groups in total. The lowest BCUT2D eigenvalue weighted by Crippen LogP contribution is -2.77. The zero-order chi connectivity index (χ0) is 106. The minimum atomic E-state index is -10.3. The van der Waals surface area contributed by atoms with Gasteiger partial charge >= 0.3 is 196 Å². The number of rotatable bonds is 42. The van der Waals surface area contributed by atoms with Crippen LogP contribution in [-0.4, -0.2) is 236 Å². The van der Waals surface area contributed by atoms with Gasteiger partial charge in [-0.15, -0.1) is 0 Å². The fraction of sp³-hybridized carbons (Fsp3) is 0.717. The molecule has 2 aromatic rings. The second-order valence-electron chi connectivity index (χ2n) is 27.4. The van der Waals surface area contributed by atoms with Crippen LogP contribution in [0, 0.1) is 0 Å². The molecule has 2 amide bonds. The number of nitrogens with zero attached hydrogens (tertiary/aromatic N) is 1. The normalized spacial score (nSPS) is 17.2. The van der Waals surface area contributed by atoms with Gasteiger partial charge in [0.05, 0.1) is 45.5 Å². The molecule has 3 rings (SSSR count). The maximum Gasteiger partial charge on any atom is 0.460 e. The van der Waals surface area contributed by atoms with Crippen molar-refractivity contribution in [1.82, 2.24) is 10.2 Å². The largest absolute Gasteiger partial charge is 0.497 e. The number of hydrogen-bond acceptors (Lipinski definition) is 6. The second kappa shape index (κ2) is 34.0. The van der Waals surface area contributed by atoms with E-state index in [0.29, 0.717) is 4.90 Å². The van der Waals surface area contributed by atoms with Gasteiger partial charge in [0.1, 0.15) is 12.4 Å².